The van der Waals surface area contributed by atoms with E-state index >= 15 is 0 Å². The standard InChI is InChI=1S/2C21H33O3P.2ClH.Pd/c2*1-22-19-14-18(15-20(23-2)21(19)24-3)25(16-10-6-4-7-11-16)17-12-8-5-9-13-17;;;/h2*14-17H,4-13H2,1-3H3;2*1H;/q;;;;+2/p-2. The molecule has 0 aromatic heterocycles. The van der Waals surface area contributed by atoms with Crippen LogP contribution in [0, 0.1) is 0 Å². The molecule has 0 heterocycles. The number of rotatable bonds is 12. The van der Waals surface area contributed by atoms with Crippen LogP contribution in [0.3, 0.4) is 0 Å². The predicted octanol–water partition coefficient (Wildman–Crippen LogP) is 12.3. The Bertz CT molecular complexity index is 1150. The fourth-order valence-corrected chi connectivity index (χ4v) is 16.9. The summed E-state index contributed by atoms with van der Waals surface area (Å²) >= 11 is -0.106. The Balaban J connectivity index is 0.000000220. The number of methoxy groups -OCH3 is 6. The van der Waals surface area contributed by atoms with Crippen LogP contribution in [0.4, 0.5) is 0 Å². The first kappa shape index (κ1) is 45.0. The summed E-state index contributed by atoms with van der Waals surface area (Å²) in [5.74, 6) is 4.70. The number of hydrogen-bond acceptors (Lipinski definition) is 6. The van der Waals surface area contributed by atoms with Crippen molar-refractivity contribution >= 4 is 45.5 Å². The van der Waals surface area contributed by atoms with Crippen molar-refractivity contribution in [2.75, 3.05) is 42.7 Å². The van der Waals surface area contributed by atoms with E-state index in [0.717, 1.165) is 57.1 Å². The van der Waals surface area contributed by atoms with Crippen molar-refractivity contribution < 1.29 is 44.4 Å². The minimum absolute atomic E-state index is 0.106. The van der Waals surface area contributed by atoms with Crippen LogP contribution in [-0.2, 0) is 15.9 Å². The van der Waals surface area contributed by atoms with Crippen LogP contribution in [0.1, 0.15) is 128 Å². The summed E-state index contributed by atoms with van der Waals surface area (Å²) in [6.07, 6.45) is 28.1. The molecule has 53 heavy (non-hydrogen) atoms. The van der Waals surface area contributed by atoms with Crippen molar-refractivity contribution in [3.63, 3.8) is 0 Å². The second-order valence-electron chi connectivity index (χ2n) is 14.8. The third-order valence-electron chi connectivity index (χ3n) is 11.8. The molecule has 4 aliphatic carbocycles. The molecule has 2 aromatic rings. The molecule has 4 fully saturated rings. The molecule has 304 valence electrons. The zero-order valence-corrected chi connectivity index (χ0v) is 38.0. The molecule has 0 bridgehead atoms. The summed E-state index contributed by atoms with van der Waals surface area (Å²) in [4.78, 5) is 0. The molecule has 0 aliphatic heterocycles. The van der Waals surface area contributed by atoms with Gasteiger partial charge in [-0.1, -0.05) is 92.9 Å². The van der Waals surface area contributed by atoms with Crippen LogP contribution < -0.4 is 39.0 Å². The average molecular weight is 906 g/mol. The zero-order valence-electron chi connectivity index (χ0n) is 33.2. The molecule has 0 N–H and O–H groups in total. The molecule has 0 saturated heterocycles. The molecule has 0 radical (unpaired) electrons. The number of hydrogen-bond donors (Lipinski definition) is 0. The molecule has 6 nitrogen and oxygen atoms in total. The first-order valence-electron chi connectivity index (χ1n) is 20.0. The Labute approximate surface area is 340 Å². The van der Waals surface area contributed by atoms with E-state index in [9.17, 15) is 0 Å². The second-order valence-corrected chi connectivity index (χ2v) is 22.7. The second kappa shape index (κ2) is 24.9. The van der Waals surface area contributed by atoms with Gasteiger partial charge in [-0.15, -0.1) is 0 Å². The molecule has 0 atom stereocenters. The average Bonchev–Trinajstić information content (AvgIpc) is 3.22. The van der Waals surface area contributed by atoms with Gasteiger partial charge in [-0.25, -0.2) is 0 Å². The molecule has 4 saturated carbocycles. The molecule has 11 heteroatoms. The topological polar surface area (TPSA) is 55.4 Å². The van der Waals surface area contributed by atoms with Crippen molar-refractivity contribution in [2.45, 2.75) is 151 Å². The molecule has 0 unspecified atom stereocenters. The molecule has 4 aliphatic rings. The van der Waals surface area contributed by atoms with Gasteiger partial charge in [-0.3, -0.25) is 0 Å². The Morgan fingerprint density at radius 1 is 0.396 bits per heavy atom. The van der Waals surface area contributed by atoms with Gasteiger partial charge in [0, 0.05) is 0 Å². The molecular formula is C42H66Cl2O6P2Pd. The number of halogens is 2. The summed E-state index contributed by atoms with van der Waals surface area (Å²) in [5.41, 5.74) is 3.48. The van der Waals surface area contributed by atoms with Crippen LogP contribution in [0.5, 0.6) is 34.5 Å². The van der Waals surface area contributed by atoms with E-state index in [2.05, 4.69) is 24.3 Å². The first-order valence-corrected chi connectivity index (χ1v) is 26.9. The van der Waals surface area contributed by atoms with Crippen molar-refractivity contribution in [2.24, 2.45) is 0 Å². The molecular weight excluding hydrogens is 840 g/mol. The Kier molecular flexibility index (Phi) is 21.1. The van der Waals surface area contributed by atoms with Gasteiger partial charge >= 0.3 is 35.0 Å². The Morgan fingerprint density at radius 2 is 0.604 bits per heavy atom. The SMILES string of the molecule is COc1cc(P(C2CCCCC2)C2CCCCC2)cc(OC)c1OC.COc1cc(P(C2CCCCC2)C2CCCCC2)cc(OC)c1OC.[Cl][Pd][Cl]. The maximum absolute atomic E-state index is 5.65. The summed E-state index contributed by atoms with van der Waals surface area (Å²) in [6.45, 7) is 0. The van der Waals surface area contributed by atoms with Crippen LogP contribution >= 0.6 is 34.9 Å². The van der Waals surface area contributed by atoms with Gasteiger partial charge in [0.1, 0.15) is 0 Å². The van der Waals surface area contributed by atoms with E-state index in [1.54, 1.807) is 42.7 Å². The molecule has 2 aromatic carbocycles. The van der Waals surface area contributed by atoms with Crippen LogP contribution in [0.25, 0.3) is 0 Å². The van der Waals surface area contributed by atoms with Crippen LogP contribution in [0.2, 0.25) is 0 Å². The van der Waals surface area contributed by atoms with E-state index < -0.39 is 0 Å². The van der Waals surface area contributed by atoms with Crippen molar-refractivity contribution in [3.05, 3.63) is 24.3 Å². The van der Waals surface area contributed by atoms with Gasteiger partial charge in [0.05, 0.1) is 42.7 Å². The van der Waals surface area contributed by atoms with E-state index in [1.807, 2.05) is 0 Å². The predicted molar refractivity (Wildman–Crippen MR) is 225 cm³/mol. The summed E-state index contributed by atoms with van der Waals surface area (Å²) < 4.78 is 33.7. The van der Waals surface area contributed by atoms with E-state index in [-0.39, 0.29) is 31.8 Å². The van der Waals surface area contributed by atoms with E-state index in [4.69, 9.17) is 47.5 Å². The van der Waals surface area contributed by atoms with Crippen molar-refractivity contribution in [1.82, 2.24) is 0 Å². The van der Waals surface area contributed by atoms with E-state index in [0.29, 0.717) is 0 Å². The minimum atomic E-state index is -0.169. The van der Waals surface area contributed by atoms with Crippen LogP contribution in [0.15, 0.2) is 24.3 Å². The van der Waals surface area contributed by atoms with Gasteiger partial charge in [0.25, 0.3) is 0 Å². The fourth-order valence-electron chi connectivity index (χ4n) is 9.31. The maximum atomic E-state index is 5.65. The van der Waals surface area contributed by atoms with Gasteiger partial charge < -0.3 is 28.4 Å². The third kappa shape index (κ3) is 12.7. The van der Waals surface area contributed by atoms with E-state index in [1.165, 1.54) is 139 Å². The van der Waals surface area contributed by atoms with Crippen LogP contribution in [-0.4, -0.2) is 65.3 Å². The fraction of sp³-hybridized carbons (Fsp3) is 0.714. The van der Waals surface area contributed by atoms with Gasteiger partial charge in [-0.2, -0.15) is 0 Å². The number of benzene rings is 2. The molecule has 6 rings (SSSR count). The van der Waals surface area contributed by atoms with Gasteiger partial charge in [0.15, 0.2) is 23.0 Å². The Morgan fingerprint density at radius 3 is 0.774 bits per heavy atom. The van der Waals surface area contributed by atoms with Gasteiger partial charge in [-0.05, 0) is 109 Å². The summed E-state index contributed by atoms with van der Waals surface area (Å²) in [7, 11) is 19.6. The number of ether oxygens (including phenoxy) is 6. The molecule has 0 spiro atoms. The quantitative estimate of drug-likeness (QED) is 0.156. The first-order chi connectivity index (χ1) is 26.0. The van der Waals surface area contributed by atoms with Crippen molar-refractivity contribution in [3.8, 4) is 34.5 Å². The normalized spacial score (nSPS) is 19.1. The summed E-state index contributed by atoms with van der Waals surface area (Å²) in [5, 5.41) is 2.92. The Hall–Kier alpha value is -0.658. The monoisotopic (exact) mass is 904 g/mol. The van der Waals surface area contributed by atoms with Crippen molar-refractivity contribution in [1.29, 1.82) is 0 Å². The summed E-state index contributed by atoms with van der Waals surface area (Å²) in [6, 6.07) is 8.99. The molecule has 0 amide bonds. The third-order valence-corrected chi connectivity index (χ3v) is 18.7. The zero-order chi connectivity index (χ0) is 38.0. The van der Waals surface area contributed by atoms with Gasteiger partial charge in [0.2, 0.25) is 11.5 Å².